The molecule has 0 radical (unpaired) electrons. The maximum atomic E-state index is 14.0. The molecule has 4 aromatic rings. The summed E-state index contributed by atoms with van der Waals surface area (Å²) in [4.78, 5) is 32.3. The van der Waals surface area contributed by atoms with Gasteiger partial charge in [0.1, 0.15) is 12.4 Å². The minimum absolute atomic E-state index is 0.200. The number of hydrogen-bond acceptors (Lipinski definition) is 8. The highest BCUT2D eigenvalue weighted by Crippen LogP contribution is 2.35. The Labute approximate surface area is 261 Å². The molecule has 1 aliphatic rings. The van der Waals surface area contributed by atoms with Crippen molar-refractivity contribution in [1.82, 2.24) is 4.57 Å². The molecule has 8 nitrogen and oxygen atoms in total. The van der Waals surface area contributed by atoms with Crippen molar-refractivity contribution in [3.8, 4) is 17.2 Å². The zero-order valence-electron chi connectivity index (χ0n) is 24.5. The number of benzene rings is 3. The van der Waals surface area contributed by atoms with E-state index in [0.717, 1.165) is 16.7 Å². The molecule has 3 aromatic carbocycles. The highest BCUT2D eigenvalue weighted by molar-refractivity contribution is 9.10. The molecule has 0 spiro atoms. The molecule has 0 unspecified atom stereocenters. The molecule has 43 heavy (non-hydrogen) atoms. The minimum atomic E-state index is -0.730. The molecule has 10 heteroatoms. The van der Waals surface area contributed by atoms with Gasteiger partial charge in [0.15, 0.2) is 16.3 Å². The van der Waals surface area contributed by atoms with E-state index in [1.807, 2.05) is 61.5 Å². The second-order valence-electron chi connectivity index (χ2n) is 9.88. The van der Waals surface area contributed by atoms with Gasteiger partial charge in [0.05, 0.1) is 47.1 Å². The van der Waals surface area contributed by atoms with Gasteiger partial charge < -0.3 is 18.9 Å². The number of thiazole rings is 1. The fourth-order valence-electron chi connectivity index (χ4n) is 4.85. The lowest BCUT2D eigenvalue weighted by Gasteiger charge is -2.25. The van der Waals surface area contributed by atoms with Gasteiger partial charge in [0, 0.05) is 0 Å². The summed E-state index contributed by atoms with van der Waals surface area (Å²) in [7, 11) is 3.16. The van der Waals surface area contributed by atoms with Crippen molar-refractivity contribution >= 4 is 39.3 Å². The van der Waals surface area contributed by atoms with E-state index in [1.165, 1.54) is 16.9 Å². The van der Waals surface area contributed by atoms with E-state index < -0.39 is 12.0 Å². The number of carbonyl (C=O) groups is 1. The Kier molecular flexibility index (Phi) is 9.17. The Balaban J connectivity index is 1.55. The van der Waals surface area contributed by atoms with Crippen LogP contribution in [-0.2, 0) is 16.1 Å². The first kappa shape index (κ1) is 30.3. The third kappa shape index (κ3) is 6.30. The Morgan fingerprint density at radius 1 is 1.00 bits per heavy atom. The number of carbonyl (C=O) groups excluding carboxylic acids is 1. The average Bonchev–Trinajstić information content (AvgIpc) is 3.30. The Hall–Kier alpha value is -4.15. The van der Waals surface area contributed by atoms with E-state index in [2.05, 4.69) is 20.9 Å². The summed E-state index contributed by atoms with van der Waals surface area (Å²) in [6, 6.07) is 18.4. The number of halogens is 1. The third-order valence-electron chi connectivity index (χ3n) is 7.01. The van der Waals surface area contributed by atoms with Crippen LogP contribution in [0.3, 0.4) is 0 Å². The predicted molar refractivity (Wildman–Crippen MR) is 170 cm³/mol. The Bertz CT molecular complexity index is 1890. The molecule has 1 aromatic heterocycles. The molecule has 5 rings (SSSR count). The van der Waals surface area contributed by atoms with Crippen LogP contribution in [0.2, 0.25) is 0 Å². The van der Waals surface area contributed by atoms with Crippen LogP contribution in [-0.4, -0.2) is 31.4 Å². The number of ether oxygens (including phenoxy) is 4. The largest absolute Gasteiger partial charge is 0.496 e. The SMILES string of the molecule is CCOC(=O)C1=C(C)N=c2s/c(=C/c3ccc(OCc4ccc(C)cc4)c(OC)c3)c(=O)n2[C@H]1c1ccc(OC)c(Br)c1. The standard InChI is InChI=1S/C33H31BrN2O6S/c1-6-41-32(38)29-20(3)35-33-36(30(29)23-12-14-25(39-4)24(34)17-23)31(37)28(43-33)16-22-11-13-26(27(15-22)40-5)42-18-21-9-7-19(2)8-10-21/h7-17,30H,6,18H2,1-5H3/b28-16+/t30-/m0/s1. The van der Waals surface area contributed by atoms with E-state index in [4.69, 9.17) is 18.9 Å². The molecule has 0 N–H and O–H groups in total. The van der Waals surface area contributed by atoms with Crippen LogP contribution in [0.4, 0.5) is 0 Å². The fourth-order valence-corrected chi connectivity index (χ4v) is 6.45. The molecular formula is C33H31BrN2O6S. The highest BCUT2D eigenvalue weighted by Gasteiger charge is 2.33. The molecule has 0 aliphatic carbocycles. The summed E-state index contributed by atoms with van der Waals surface area (Å²) in [5, 5.41) is 0. The maximum Gasteiger partial charge on any atom is 0.338 e. The van der Waals surface area contributed by atoms with Gasteiger partial charge in [-0.1, -0.05) is 53.3 Å². The molecule has 0 bridgehead atoms. The van der Waals surface area contributed by atoms with Crippen molar-refractivity contribution in [2.45, 2.75) is 33.4 Å². The van der Waals surface area contributed by atoms with Gasteiger partial charge >= 0.3 is 5.97 Å². The first-order chi connectivity index (χ1) is 20.7. The zero-order valence-corrected chi connectivity index (χ0v) is 26.9. The van der Waals surface area contributed by atoms with E-state index in [0.29, 0.717) is 48.9 Å². The van der Waals surface area contributed by atoms with Crippen LogP contribution < -0.4 is 29.1 Å². The maximum absolute atomic E-state index is 14.0. The van der Waals surface area contributed by atoms with E-state index >= 15 is 0 Å². The van der Waals surface area contributed by atoms with Crippen molar-refractivity contribution < 1.29 is 23.7 Å². The number of methoxy groups -OCH3 is 2. The van der Waals surface area contributed by atoms with Crippen molar-refractivity contribution in [2.24, 2.45) is 4.99 Å². The summed E-state index contributed by atoms with van der Waals surface area (Å²) in [5.41, 5.74) is 4.26. The van der Waals surface area contributed by atoms with Gasteiger partial charge in [0.25, 0.3) is 5.56 Å². The lowest BCUT2D eigenvalue weighted by Crippen LogP contribution is -2.39. The number of hydrogen-bond donors (Lipinski definition) is 0. The highest BCUT2D eigenvalue weighted by atomic mass is 79.9. The molecule has 0 saturated carbocycles. The molecule has 0 fully saturated rings. The lowest BCUT2D eigenvalue weighted by atomic mass is 9.96. The number of nitrogens with zero attached hydrogens (tertiary/aromatic N) is 2. The van der Waals surface area contributed by atoms with Gasteiger partial charge in [-0.25, -0.2) is 9.79 Å². The Morgan fingerprint density at radius 3 is 2.40 bits per heavy atom. The first-order valence-electron chi connectivity index (χ1n) is 13.6. The van der Waals surface area contributed by atoms with E-state index in [1.54, 1.807) is 44.8 Å². The number of rotatable bonds is 9. The monoisotopic (exact) mass is 662 g/mol. The second-order valence-corrected chi connectivity index (χ2v) is 11.7. The summed E-state index contributed by atoms with van der Waals surface area (Å²) >= 11 is 4.80. The average molecular weight is 664 g/mol. The topological polar surface area (TPSA) is 88.4 Å². The number of allylic oxidation sites excluding steroid dienone is 1. The summed E-state index contributed by atoms with van der Waals surface area (Å²) < 4.78 is 25.1. The molecule has 0 amide bonds. The van der Waals surface area contributed by atoms with Gasteiger partial charge in [-0.3, -0.25) is 9.36 Å². The van der Waals surface area contributed by atoms with Crippen LogP contribution in [0, 0.1) is 6.92 Å². The molecular weight excluding hydrogens is 632 g/mol. The predicted octanol–water partition coefficient (Wildman–Crippen LogP) is 5.47. The van der Waals surface area contributed by atoms with Gasteiger partial charge in [-0.05, 0) is 83.7 Å². The Morgan fingerprint density at radius 2 is 1.72 bits per heavy atom. The van der Waals surface area contributed by atoms with Crippen molar-refractivity contribution in [3.05, 3.63) is 118 Å². The first-order valence-corrected chi connectivity index (χ1v) is 15.2. The quantitative estimate of drug-likeness (QED) is 0.221. The third-order valence-corrected chi connectivity index (χ3v) is 8.61. The zero-order chi connectivity index (χ0) is 30.7. The lowest BCUT2D eigenvalue weighted by molar-refractivity contribution is -0.139. The van der Waals surface area contributed by atoms with Crippen molar-refractivity contribution in [1.29, 1.82) is 0 Å². The van der Waals surface area contributed by atoms with Crippen LogP contribution in [0.15, 0.2) is 86.2 Å². The number of aromatic nitrogens is 1. The molecule has 2 heterocycles. The van der Waals surface area contributed by atoms with Gasteiger partial charge in [0.2, 0.25) is 0 Å². The number of fused-ring (bicyclic) bond motifs is 1. The van der Waals surface area contributed by atoms with Gasteiger partial charge in [-0.15, -0.1) is 0 Å². The second kappa shape index (κ2) is 13.0. The van der Waals surface area contributed by atoms with Crippen LogP contribution >= 0.6 is 27.3 Å². The fraction of sp³-hybridized carbons (Fsp3) is 0.242. The number of aryl methyl sites for hydroxylation is 1. The smallest absolute Gasteiger partial charge is 0.338 e. The van der Waals surface area contributed by atoms with E-state index in [-0.39, 0.29) is 12.2 Å². The molecule has 0 saturated heterocycles. The van der Waals surface area contributed by atoms with Crippen LogP contribution in [0.25, 0.3) is 6.08 Å². The van der Waals surface area contributed by atoms with Crippen LogP contribution in [0.5, 0.6) is 17.2 Å². The van der Waals surface area contributed by atoms with Crippen molar-refractivity contribution in [2.75, 3.05) is 20.8 Å². The number of esters is 1. The summed E-state index contributed by atoms with van der Waals surface area (Å²) in [6.45, 7) is 6.15. The molecule has 1 atom stereocenters. The summed E-state index contributed by atoms with van der Waals surface area (Å²) in [5.74, 6) is 1.27. The summed E-state index contributed by atoms with van der Waals surface area (Å²) in [6.07, 6.45) is 1.79. The van der Waals surface area contributed by atoms with Crippen molar-refractivity contribution in [3.63, 3.8) is 0 Å². The van der Waals surface area contributed by atoms with Gasteiger partial charge in [-0.2, -0.15) is 0 Å². The van der Waals surface area contributed by atoms with E-state index in [9.17, 15) is 9.59 Å². The normalized spacial score (nSPS) is 14.7. The van der Waals surface area contributed by atoms with Crippen LogP contribution in [0.1, 0.15) is 42.1 Å². The molecule has 222 valence electrons. The minimum Gasteiger partial charge on any atom is -0.496 e. The molecule has 1 aliphatic heterocycles.